The first-order valence-corrected chi connectivity index (χ1v) is 6.92. The lowest BCUT2D eigenvalue weighted by molar-refractivity contribution is -0.130. The second kappa shape index (κ2) is 4.57. The molecule has 5 heteroatoms. The van der Waals surface area contributed by atoms with Crippen LogP contribution in [0.15, 0.2) is 29.2 Å². The molecule has 2 N–H and O–H groups in total. The molecule has 1 aromatic carbocycles. The lowest BCUT2D eigenvalue weighted by Crippen LogP contribution is -2.36. The van der Waals surface area contributed by atoms with Crippen LogP contribution in [0.4, 0.5) is 0 Å². The molecule has 2 aliphatic heterocycles. The van der Waals surface area contributed by atoms with Gasteiger partial charge in [-0.05, 0) is 18.1 Å². The first-order chi connectivity index (χ1) is 8.65. The maximum absolute atomic E-state index is 12.3. The van der Waals surface area contributed by atoms with Gasteiger partial charge in [-0.25, -0.2) is 0 Å². The standard InChI is InChI=1S/C13H15NO3S/c15-9-6-14(7-10(9)16)13(17)12-5-8-3-1-2-4-11(8)18-12/h1-4,9-10,12,15-16H,5-7H2/t9-,10+,12?. The molecule has 1 unspecified atom stereocenters. The van der Waals surface area contributed by atoms with Gasteiger partial charge in [0.2, 0.25) is 5.91 Å². The minimum atomic E-state index is -0.803. The Morgan fingerprint density at radius 1 is 1.22 bits per heavy atom. The van der Waals surface area contributed by atoms with Gasteiger partial charge in [0.05, 0.1) is 17.5 Å². The third-order valence-electron chi connectivity index (χ3n) is 3.49. The van der Waals surface area contributed by atoms with Gasteiger partial charge >= 0.3 is 0 Å². The summed E-state index contributed by atoms with van der Waals surface area (Å²) in [6.07, 6.45) is -0.868. The van der Waals surface area contributed by atoms with E-state index < -0.39 is 12.2 Å². The number of hydrogen-bond acceptors (Lipinski definition) is 4. The summed E-state index contributed by atoms with van der Waals surface area (Å²) in [6, 6.07) is 8.03. The molecule has 96 valence electrons. The third kappa shape index (κ3) is 2.02. The van der Waals surface area contributed by atoms with Crippen LogP contribution in [0.5, 0.6) is 0 Å². The topological polar surface area (TPSA) is 60.8 Å². The quantitative estimate of drug-likeness (QED) is 0.765. The first kappa shape index (κ1) is 12.0. The van der Waals surface area contributed by atoms with Crippen molar-refractivity contribution >= 4 is 17.7 Å². The maximum atomic E-state index is 12.3. The number of thioether (sulfide) groups is 1. The van der Waals surface area contributed by atoms with Crippen molar-refractivity contribution in [2.45, 2.75) is 28.8 Å². The molecular weight excluding hydrogens is 250 g/mol. The van der Waals surface area contributed by atoms with Crippen molar-refractivity contribution in [1.29, 1.82) is 0 Å². The number of carbonyl (C=O) groups excluding carboxylic acids is 1. The van der Waals surface area contributed by atoms with E-state index in [1.54, 1.807) is 16.7 Å². The van der Waals surface area contributed by atoms with Crippen LogP contribution < -0.4 is 0 Å². The van der Waals surface area contributed by atoms with E-state index in [9.17, 15) is 15.0 Å². The number of carbonyl (C=O) groups is 1. The van der Waals surface area contributed by atoms with Crippen molar-refractivity contribution in [2.24, 2.45) is 0 Å². The minimum absolute atomic E-state index is 0.0202. The van der Waals surface area contributed by atoms with Gasteiger partial charge in [-0.3, -0.25) is 4.79 Å². The summed E-state index contributed by atoms with van der Waals surface area (Å²) in [5.74, 6) is 0.0202. The Morgan fingerprint density at radius 3 is 2.56 bits per heavy atom. The van der Waals surface area contributed by atoms with Gasteiger partial charge in [0.15, 0.2) is 0 Å². The Balaban J connectivity index is 1.70. The Bertz CT molecular complexity index is 444. The zero-order chi connectivity index (χ0) is 12.7. The highest BCUT2D eigenvalue weighted by Gasteiger charge is 2.37. The second-order valence-corrected chi connectivity index (χ2v) is 6.04. The normalized spacial score (nSPS) is 30.6. The highest BCUT2D eigenvalue weighted by atomic mass is 32.2. The predicted molar refractivity (Wildman–Crippen MR) is 68.4 cm³/mol. The number of aliphatic hydroxyl groups excluding tert-OH is 2. The molecule has 0 aromatic heterocycles. The van der Waals surface area contributed by atoms with E-state index in [1.165, 1.54) is 5.56 Å². The number of amides is 1. The summed E-state index contributed by atoms with van der Waals surface area (Å²) in [7, 11) is 0. The van der Waals surface area contributed by atoms with Crippen LogP contribution in [0, 0.1) is 0 Å². The molecule has 2 aliphatic rings. The van der Waals surface area contributed by atoms with E-state index >= 15 is 0 Å². The number of rotatable bonds is 1. The number of fused-ring (bicyclic) bond motifs is 1. The highest BCUT2D eigenvalue weighted by molar-refractivity contribution is 8.01. The monoisotopic (exact) mass is 265 g/mol. The molecule has 1 aromatic rings. The molecular formula is C13H15NO3S. The zero-order valence-corrected chi connectivity index (χ0v) is 10.6. The fourth-order valence-corrected chi connectivity index (χ4v) is 3.75. The average molecular weight is 265 g/mol. The van der Waals surface area contributed by atoms with Gasteiger partial charge in [0.25, 0.3) is 0 Å². The van der Waals surface area contributed by atoms with Crippen LogP contribution >= 0.6 is 11.8 Å². The fourth-order valence-electron chi connectivity index (χ4n) is 2.47. The minimum Gasteiger partial charge on any atom is -0.388 e. The van der Waals surface area contributed by atoms with Gasteiger partial charge < -0.3 is 15.1 Å². The van der Waals surface area contributed by atoms with E-state index in [0.717, 1.165) is 11.3 Å². The molecule has 3 rings (SSSR count). The molecule has 1 saturated heterocycles. The summed E-state index contributed by atoms with van der Waals surface area (Å²) in [6.45, 7) is 0.487. The van der Waals surface area contributed by atoms with Gasteiger partial charge in [-0.2, -0.15) is 0 Å². The van der Waals surface area contributed by atoms with Gasteiger partial charge in [-0.1, -0.05) is 18.2 Å². The lowest BCUT2D eigenvalue weighted by Gasteiger charge is -2.19. The largest absolute Gasteiger partial charge is 0.388 e. The average Bonchev–Trinajstić information content (AvgIpc) is 2.93. The molecule has 3 atom stereocenters. The number of nitrogens with zero attached hydrogens (tertiary/aromatic N) is 1. The third-order valence-corrected chi connectivity index (χ3v) is 4.80. The Morgan fingerprint density at radius 2 is 1.89 bits per heavy atom. The molecule has 2 heterocycles. The summed E-state index contributed by atoms with van der Waals surface area (Å²) < 4.78 is 0. The lowest BCUT2D eigenvalue weighted by atomic mass is 10.1. The van der Waals surface area contributed by atoms with E-state index in [0.29, 0.717) is 0 Å². The van der Waals surface area contributed by atoms with Crippen molar-refractivity contribution in [1.82, 2.24) is 4.90 Å². The molecule has 1 amide bonds. The number of hydrogen-bond donors (Lipinski definition) is 2. The van der Waals surface area contributed by atoms with Crippen LogP contribution in [0.1, 0.15) is 5.56 Å². The highest BCUT2D eigenvalue weighted by Crippen LogP contribution is 2.37. The summed E-state index contributed by atoms with van der Waals surface area (Å²) in [4.78, 5) is 15.0. The van der Waals surface area contributed by atoms with E-state index in [1.807, 2.05) is 24.3 Å². The summed E-state index contributed by atoms with van der Waals surface area (Å²) >= 11 is 1.58. The molecule has 0 spiro atoms. The van der Waals surface area contributed by atoms with Crippen molar-refractivity contribution in [2.75, 3.05) is 13.1 Å². The van der Waals surface area contributed by atoms with Gasteiger partial charge in [0, 0.05) is 18.0 Å². The van der Waals surface area contributed by atoms with Crippen LogP contribution in [-0.2, 0) is 11.2 Å². The van der Waals surface area contributed by atoms with Gasteiger partial charge in [-0.15, -0.1) is 11.8 Å². The molecule has 0 radical (unpaired) electrons. The van der Waals surface area contributed by atoms with Crippen molar-refractivity contribution in [3.05, 3.63) is 29.8 Å². The summed E-state index contributed by atoms with van der Waals surface area (Å²) in [5, 5.41) is 18.9. The molecule has 0 bridgehead atoms. The van der Waals surface area contributed by atoms with Crippen molar-refractivity contribution < 1.29 is 15.0 Å². The van der Waals surface area contributed by atoms with Gasteiger partial charge in [0.1, 0.15) is 0 Å². The second-order valence-electron chi connectivity index (χ2n) is 4.80. The number of likely N-dealkylation sites (tertiary alicyclic amines) is 1. The van der Waals surface area contributed by atoms with E-state index in [-0.39, 0.29) is 24.2 Å². The Labute approximate surface area is 110 Å². The maximum Gasteiger partial charge on any atom is 0.236 e. The predicted octanol–water partition coefficient (Wildman–Crippen LogP) is 0.267. The molecule has 1 fully saturated rings. The first-order valence-electron chi connectivity index (χ1n) is 6.04. The smallest absolute Gasteiger partial charge is 0.236 e. The number of aliphatic hydroxyl groups is 2. The van der Waals surface area contributed by atoms with Crippen LogP contribution in [0.2, 0.25) is 0 Å². The molecule has 0 aliphatic carbocycles. The Kier molecular flexibility index (Phi) is 3.05. The van der Waals surface area contributed by atoms with Crippen LogP contribution in [0.25, 0.3) is 0 Å². The van der Waals surface area contributed by atoms with Crippen LogP contribution in [-0.4, -0.2) is 51.6 Å². The molecule has 0 saturated carbocycles. The molecule has 18 heavy (non-hydrogen) atoms. The SMILES string of the molecule is O=C(C1Cc2ccccc2S1)N1C[C@@H](O)[C@@H](O)C1. The van der Waals surface area contributed by atoms with Crippen molar-refractivity contribution in [3.63, 3.8) is 0 Å². The zero-order valence-electron chi connectivity index (χ0n) is 9.82. The number of benzene rings is 1. The van der Waals surface area contributed by atoms with Crippen molar-refractivity contribution in [3.8, 4) is 0 Å². The van der Waals surface area contributed by atoms with E-state index in [2.05, 4.69) is 0 Å². The van der Waals surface area contributed by atoms with E-state index in [4.69, 9.17) is 0 Å². The Hall–Kier alpha value is -1.04. The van der Waals surface area contributed by atoms with Crippen LogP contribution in [0.3, 0.4) is 0 Å². The fraction of sp³-hybridized carbons (Fsp3) is 0.462. The summed E-state index contributed by atoms with van der Waals surface area (Å²) in [5.41, 5.74) is 1.21. The number of β-amino-alcohol motifs (C(OH)–C–C–N with tert-alkyl or cyclic N) is 2. The molecule has 4 nitrogen and oxygen atoms in total.